The van der Waals surface area contributed by atoms with E-state index < -0.39 is 15.9 Å². The van der Waals surface area contributed by atoms with Gasteiger partial charge in [-0.1, -0.05) is 6.07 Å². The predicted molar refractivity (Wildman–Crippen MR) is 85.1 cm³/mol. The van der Waals surface area contributed by atoms with Crippen molar-refractivity contribution in [2.24, 2.45) is 0 Å². The summed E-state index contributed by atoms with van der Waals surface area (Å²) in [5.41, 5.74) is 0.816. The molecule has 1 aromatic rings. The summed E-state index contributed by atoms with van der Waals surface area (Å²) in [6, 6.07) is 3.00. The third-order valence-corrected chi connectivity index (χ3v) is 5.77. The summed E-state index contributed by atoms with van der Waals surface area (Å²) in [7, 11) is 0.670. The van der Waals surface area contributed by atoms with Crippen LogP contribution >= 0.6 is 0 Å². The molecule has 1 aromatic heterocycles. The highest BCUT2D eigenvalue weighted by Gasteiger charge is 2.37. The maximum atomic E-state index is 13.0. The summed E-state index contributed by atoms with van der Waals surface area (Å²) in [6.45, 7) is 2.39. The summed E-state index contributed by atoms with van der Waals surface area (Å²) in [6.07, 6.45) is 3.87. The van der Waals surface area contributed by atoms with Crippen LogP contribution in [-0.2, 0) is 14.6 Å². The first-order valence-corrected chi connectivity index (χ1v) is 9.25. The van der Waals surface area contributed by atoms with Gasteiger partial charge in [0.2, 0.25) is 5.91 Å². The second kappa shape index (κ2) is 6.75. The van der Waals surface area contributed by atoms with E-state index in [0.717, 1.165) is 5.56 Å². The second-order valence-electron chi connectivity index (χ2n) is 5.83. The molecule has 1 saturated heterocycles. The first kappa shape index (κ1) is 16.9. The van der Waals surface area contributed by atoms with Crippen molar-refractivity contribution in [1.82, 2.24) is 14.8 Å². The van der Waals surface area contributed by atoms with E-state index >= 15 is 0 Å². The lowest BCUT2D eigenvalue weighted by Gasteiger charge is -2.33. The van der Waals surface area contributed by atoms with Gasteiger partial charge < -0.3 is 4.90 Å². The number of carbonyl (C=O) groups excluding carboxylic acids is 1. The van der Waals surface area contributed by atoms with Crippen LogP contribution in [0.2, 0.25) is 0 Å². The number of hydrogen-bond acceptors (Lipinski definition) is 5. The molecule has 0 aromatic carbocycles. The van der Waals surface area contributed by atoms with Crippen molar-refractivity contribution in [3.63, 3.8) is 0 Å². The van der Waals surface area contributed by atoms with Gasteiger partial charge in [0.1, 0.15) is 6.04 Å². The van der Waals surface area contributed by atoms with Gasteiger partial charge in [0.15, 0.2) is 9.84 Å². The standard InChI is InChI=1S/C15H23N3O3S/c1-4-18(13-7-9-22(20,21)11-13)15(19)14(17(2)3)12-6-5-8-16-10-12/h5-6,8,10,13-14H,4,7,9,11H2,1-3H3. The Morgan fingerprint density at radius 2 is 2.18 bits per heavy atom. The molecule has 6 nitrogen and oxygen atoms in total. The molecule has 0 bridgehead atoms. The van der Waals surface area contributed by atoms with Gasteiger partial charge in [-0.3, -0.25) is 14.7 Å². The number of amides is 1. The zero-order chi connectivity index (χ0) is 16.3. The highest BCUT2D eigenvalue weighted by molar-refractivity contribution is 7.91. The summed E-state index contributed by atoms with van der Waals surface area (Å²) in [5.74, 6) is 0.170. The molecule has 2 unspecified atom stereocenters. The Hall–Kier alpha value is -1.47. The van der Waals surface area contributed by atoms with Gasteiger partial charge in [-0.2, -0.15) is 0 Å². The molecule has 0 aliphatic carbocycles. The van der Waals surface area contributed by atoms with Gasteiger partial charge >= 0.3 is 0 Å². The van der Waals surface area contributed by atoms with Gasteiger partial charge in [0.05, 0.1) is 11.5 Å². The van der Waals surface area contributed by atoms with Gasteiger partial charge in [-0.15, -0.1) is 0 Å². The van der Waals surface area contributed by atoms with E-state index in [1.807, 2.05) is 32.0 Å². The molecule has 0 radical (unpaired) electrons. The van der Waals surface area contributed by atoms with Crippen molar-refractivity contribution in [3.8, 4) is 0 Å². The summed E-state index contributed by atoms with van der Waals surface area (Å²) < 4.78 is 23.4. The first-order chi connectivity index (χ1) is 10.4. The van der Waals surface area contributed by atoms with Crippen LogP contribution < -0.4 is 0 Å². The minimum Gasteiger partial charge on any atom is -0.337 e. The number of nitrogens with zero attached hydrogens (tertiary/aromatic N) is 3. The molecular formula is C15H23N3O3S. The van der Waals surface area contributed by atoms with Crippen molar-refractivity contribution in [2.75, 3.05) is 32.1 Å². The van der Waals surface area contributed by atoms with Crippen LogP contribution in [0.3, 0.4) is 0 Å². The lowest BCUT2D eigenvalue weighted by molar-refractivity contribution is -0.138. The van der Waals surface area contributed by atoms with Crippen LogP contribution in [-0.4, -0.2) is 67.3 Å². The van der Waals surface area contributed by atoms with E-state index in [4.69, 9.17) is 0 Å². The van der Waals surface area contributed by atoms with Crippen LogP contribution in [0.1, 0.15) is 24.9 Å². The predicted octanol–water partition coefficient (Wildman–Crippen LogP) is 0.720. The number of aromatic nitrogens is 1. The topological polar surface area (TPSA) is 70.6 Å². The molecule has 122 valence electrons. The Morgan fingerprint density at radius 3 is 2.64 bits per heavy atom. The maximum Gasteiger partial charge on any atom is 0.244 e. The zero-order valence-corrected chi connectivity index (χ0v) is 14.1. The quantitative estimate of drug-likeness (QED) is 0.798. The van der Waals surface area contributed by atoms with Gasteiger partial charge in [-0.25, -0.2) is 8.42 Å². The third-order valence-electron chi connectivity index (χ3n) is 4.02. The molecule has 2 rings (SSSR count). The van der Waals surface area contributed by atoms with Crippen molar-refractivity contribution >= 4 is 15.7 Å². The van der Waals surface area contributed by atoms with Gasteiger partial charge in [0, 0.05) is 25.0 Å². The minimum atomic E-state index is -3.01. The number of hydrogen-bond donors (Lipinski definition) is 0. The highest BCUT2D eigenvalue weighted by Crippen LogP contribution is 2.25. The molecule has 0 spiro atoms. The Balaban J connectivity index is 2.25. The van der Waals surface area contributed by atoms with Crippen LogP contribution in [0.5, 0.6) is 0 Å². The fourth-order valence-electron chi connectivity index (χ4n) is 2.97. The summed E-state index contributed by atoms with van der Waals surface area (Å²) >= 11 is 0. The Labute approximate surface area is 132 Å². The smallest absolute Gasteiger partial charge is 0.244 e. The van der Waals surface area contributed by atoms with E-state index in [-0.39, 0.29) is 23.5 Å². The van der Waals surface area contributed by atoms with E-state index in [0.29, 0.717) is 13.0 Å². The second-order valence-corrected chi connectivity index (χ2v) is 8.06. The largest absolute Gasteiger partial charge is 0.337 e. The maximum absolute atomic E-state index is 13.0. The van der Waals surface area contributed by atoms with Crippen LogP contribution in [0.4, 0.5) is 0 Å². The molecule has 22 heavy (non-hydrogen) atoms. The van der Waals surface area contributed by atoms with Crippen LogP contribution in [0.15, 0.2) is 24.5 Å². The van der Waals surface area contributed by atoms with Crippen molar-refractivity contribution in [3.05, 3.63) is 30.1 Å². The van der Waals surface area contributed by atoms with Crippen molar-refractivity contribution in [2.45, 2.75) is 25.4 Å². The van der Waals surface area contributed by atoms with Gasteiger partial charge in [0.25, 0.3) is 0 Å². The molecule has 1 aliphatic heterocycles. The normalized spacial score (nSPS) is 21.7. The summed E-state index contributed by atoms with van der Waals surface area (Å²) in [4.78, 5) is 20.6. The molecule has 0 N–H and O–H groups in total. The van der Waals surface area contributed by atoms with Crippen LogP contribution in [0, 0.1) is 0 Å². The van der Waals surface area contributed by atoms with Gasteiger partial charge in [-0.05, 0) is 39.1 Å². The fraction of sp³-hybridized carbons (Fsp3) is 0.600. The average molecular weight is 325 g/mol. The summed E-state index contributed by atoms with van der Waals surface area (Å²) in [5, 5.41) is 0. The van der Waals surface area contributed by atoms with E-state index in [1.54, 1.807) is 23.4 Å². The average Bonchev–Trinajstić information content (AvgIpc) is 2.80. The molecule has 2 heterocycles. The number of carbonyl (C=O) groups is 1. The number of rotatable bonds is 5. The Morgan fingerprint density at radius 1 is 1.45 bits per heavy atom. The minimum absolute atomic E-state index is 0.0670. The molecule has 1 aliphatic rings. The van der Waals surface area contributed by atoms with E-state index in [1.165, 1.54) is 0 Å². The van der Waals surface area contributed by atoms with Crippen molar-refractivity contribution < 1.29 is 13.2 Å². The number of likely N-dealkylation sites (N-methyl/N-ethyl adjacent to an activating group) is 2. The fourth-order valence-corrected chi connectivity index (χ4v) is 4.70. The Bertz CT molecular complexity index is 616. The lowest BCUT2D eigenvalue weighted by atomic mass is 10.1. The zero-order valence-electron chi connectivity index (χ0n) is 13.3. The molecule has 2 atom stereocenters. The molecule has 1 fully saturated rings. The van der Waals surface area contributed by atoms with Crippen molar-refractivity contribution in [1.29, 1.82) is 0 Å². The molecule has 7 heteroatoms. The Kier molecular flexibility index (Phi) is 5.18. The molecule has 0 saturated carbocycles. The first-order valence-electron chi connectivity index (χ1n) is 7.43. The molecule has 1 amide bonds. The monoisotopic (exact) mass is 325 g/mol. The number of sulfone groups is 1. The highest BCUT2D eigenvalue weighted by atomic mass is 32.2. The third kappa shape index (κ3) is 3.64. The SMILES string of the molecule is CCN(C(=O)C(c1cccnc1)N(C)C)C1CCS(=O)(=O)C1. The lowest BCUT2D eigenvalue weighted by Crippen LogP contribution is -2.46. The number of pyridine rings is 1. The van der Waals surface area contributed by atoms with Crippen LogP contribution in [0.25, 0.3) is 0 Å². The van der Waals surface area contributed by atoms with E-state index in [2.05, 4.69) is 4.98 Å². The van der Waals surface area contributed by atoms with E-state index in [9.17, 15) is 13.2 Å². The molecular weight excluding hydrogens is 302 g/mol.